The summed E-state index contributed by atoms with van der Waals surface area (Å²) in [7, 11) is 0. The molecule has 0 radical (unpaired) electrons. The van der Waals surface area contributed by atoms with E-state index in [1.165, 1.54) is 30.3 Å². The van der Waals surface area contributed by atoms with Crippen LogP contribution in [-0.4, -0.2) is 49.5 Å². The van der Waals surface area contributed by atoms with Crippen molar-refractivity contribution < 1.29 is 38.2 Å². The van der Waals surface area contributed by atoms with E-state index >= 15 is 0 Å². The molecule has 2 rings (SSSR count). The Morgan fingerprint density at radius 2 is 1.35 bits per heavy atom. The molecule has 2 N–H and O–H groups in total. The molecule has 37 heavy (non-hydrogen) atoms. The van der Waals surface area contributed by atoms with Gasteiger partial charge in [0, 0.05) is 17.8 Å². The summed E-state index contributed by atoms with van der Waals surface area (Å²) in [6.07, 6.45) is 2.00. The molecular weight excluding hydrogens is 480 g/mol. The van der Waals surface area contributed by atoms with Crippen LogP contribution in [0, 0.1) is 0 Å². The van der Waals surface area contributed by atoms with E-state index in [0.29, 0.717) is 42.1 Å². The molecule has 2 aromatic carbocycles. The number of benzene rings is 2. The van der Waals surface area contributed by atoms with Crippen molar-refractivity contribution in [2.24, 2.45) is 0 Å². The molecule has 10 heteroatoms. The van der Waals surface area contributed by atoms with Gasteiger partial charge in [-0.15, -0.1) is 0 Å². The quantitative estimate of drug-likeness (QED) is 0.219. The van der Waals surface area contributed by atoms with E-state index in [0.717, 1.165) is 12.8 Å². The van der Waals surface area contributed by atoms with Crippen LogP contribution in [0.15, 0.2) is 48.5 Å². The maximum absolute atomic E-state index is 12.2. The normalized spacial score (nSPS) is 10.2. The number of carbonyl (C=O) groups excluding carboxylic acids is 5. The van der Waals surface area contributed by atoms with Gasteiger partial charge in [-0.3, -0.25) is 14.4 Å². The summed E-state index contributed by atoms with van der Waals surface area (Å²) < 4.78 is 15.1. The predicted octanol–water partition coefficient (Wildman–Crippen LogP) is 4.11. The predicted molar refractivity (Wildman–Crippen MR) is 136 cm³/mol. The van der Waals surface area contributed by atoms with Crippen LogP contribution in [0.3, 0.4) is 0 Å². The minimum atomic E-state index is -0.715. The standard InChI is InChI=1S/C27H32N2O8/c1-3-5-16-36-27(34)20-7-6-8-22(17-20)29-23(30)13-14-25(32)37-18-24(31)28-21-11-9-19(10-12-21)26(33)35-15-4-2/h6-12,17H,3-5,13-16,18H2,1-2H3,(H,28,31)(H,29,30). The number of esters is 3. The number of unbranched alkanes of at least 4 members (excludes halogenated alkanes) is 1. The maximum atomic E-state index is 12.2. The van der Waals surface area contributed by atoms with Crippen molar-refractivity contribution in [1.82, 2.24) is 0 Å². The van der Waals surface area contributed by atoms with E-state index < -0.39 is 36.3 Å². The summed E-state index contributed by atoms with van der Waals surface area (Å²) in [5.74, 6) is -2.66. The monoisotopic (exact) mass is 512 g/mol. The molecule has 0 aliphatic carbocycles. The lowest BCUT2D eigenvalue weighted by Gasteiger charge is -2.09. The van der Waals surface area contributed by atoms with E-state index in [9.17, 15) is 24.0 Å². The van der Waals surface area contributed by atoms with Gasteiger partial charge < -0.3 is 24.8 Å². The Kier molecular flexibility index (Phi) is 12.3. The number of amides is 2. The molecule has 0 saturated carbocycles. The fourth-order valence-electron chi connectivity index (χ4n) is 2.94. The zero-order chi connectivity index (χ0) is 27.0. The summed E-state index contributed by atoms with van der Waals surface area (Å²) in [5.41, 5.74) is 1.48. The fourth-order valence-corrected chi connectivity index (χ4v) is 2.94. The van der Waals surface area contributed by atoms with E-state index in [1.54, 1.807) is 18.2 Å². The third-order valence-electron chi connectivity index (χ3n) is 4.88. The van der Waals surface area contributed by atoms with Crippen LogP contribution in [0.25, 0.3) is 0 Å². The van der Waals surface area contributed by atoms with E-state index in [2.05, 4.69) is 10.6 Å². The number of carbonyl (C=O) groups is 5. The minimum Gasteiger partial charge on any atom is -0.462 e. The van der Waals surface area contributed by atoms with Gasteiger partial charge in [-0.25, -0.2) is 9.59 Å². The molecule has 0 aromatic heterocycles. The number of ether oxygens (including phenoxy) is 3. The van der Waals surface area contributed by atoms with Crippen molar-refractivity contribution in [3.05, 3.63) is 59.7 Å². The lowest BCUT2D eigenvalue weighted by atomic mass is 10.2. The second-order valence-electron chi connectivity index (χ2n) is 8.04. The van der Waals surface area contributed by atoms with Gasteiger partial charge in [-0.1, -0.05) is 26.3 Å². The second kappa shape index (κ2) is 15.7. The van der Waals surface area contributed by atoms with Gasteiger partial charge in [0.1, 0.15) is 0 Å². The van der Waals surface area contributed by atoms with Crippen LogP contribution in [0.1, 0.15) is 66.7 Å². The second-order valence-corrected chi connectivity index (χ2v) is 8.04. The van der Waals surface area contributed by atoms with Gasteiger partial charge in [0.25, 0.3) is 5.91 Å². The molecule has 0 spiro atoms. The van der Waals surface area contributed by atoms with E-state index in [1.807, 2.05) is 13.8 Å². The van der Waals surface area contributed by atoms with Gasteiger partial charge in [0.2, 0.25) is 5.91 Å². The van der Waals surface area contributed by atoms with Gasteiger partial charge in [0.15, 0.2) is 6.61 Å². The Bertz CT molecular complexity index is 1080. The first-order valence-corrected chi connectivity index (χ1v) is 12.1. The minimum absolute atomic E-state index is 0.165. The average molecular weight is 513 g/mol. The van der Waals surface area contributed by atoms with Crippen LogP contribution < -0.4 is 10.6 Å². The summed E-state index contributed by atoms with van der Waals surface area (Å²) in [6, 6.07) is 12.4. The lowest BCUT2D eigenvalue weighted by Crippen LogP contribution is -2.22. The van der Waals surface area contributed by atoms with Crippen molar-refractivity contribution in [3.8, 4) is 0 Å². The summed E-state index contributed by atoms with van der Waals surface area (Å²) in [6.45, 7) is 4.01. The molecule has 0 fully saturated rings. The van der Waals surface area contributed by atoms with Gasteiger partial charge >= 0.3 is 17.9 Å². The highest BCUT2D eigenvalue weighted by atomic mass is 16.5. The zero-order valence-electron chi connectivity index (χ0n) is 21.0. The van der Waals surface area contributed by atoms with Crippen molar-refractivity contribution >= 4 is 41.1 Å². The number of nitrogens with one attached hydrogen (secondary N) is 2. The Morgan fingerprint density at radius 1 is 0.676 bits per heavy atom. The topological polar surface area (TPSA) is 137 Å². The highest BCUT2D eigenvalue weighted by molar-refractivity contribution is 5.96. The number of hydrogen-bond acceptors (Lipinski definition) is 8. The molecule has 0 heterocycles. The van der Waals surface area contributed by atoms with Gasteiger partial charge in [0.05, 0.1) is 30.8 Å². The molecule has 198 valence electrons. The van der Waals surface area contributed by atoms with Crippen LogP contribution in [0.5, 0.6) is 0 Å². The molecule has 0 aliphatic rings. The first-order valence-electron chi connectivity index (χ1n) is 12.1. The average Bonchev–Trinajstić information content (AvgIpc) is 2.90. The lowest BCUT2D eigenvalue weighted by molar-refractivity contribution is -0.147. The Balaban J connectivity index is 1.71. The molecule has 0 aliphatic heterocycles. The first-order chi connectivity index (χ1) is 17.8. The van der Waals surface area contributed by atoms with Crippen molar-refractivity contribution in [3.63, 3.8) is 0 Å². The molecule has 0 atom stereocenters. The number of rotatable bonds is 14. The summed E-state index contributed by atoms with van der Waals surface area (Å²) in [5, 5.41) is 5.16. The highest BCUT2D eigenvalue weighted by Crippen LogP contribution is 2.13. The van der Waals surface area contributed by atoms with Gasteiger partial charge in [-0.2, -0.15) is 0 Å². The molecule has 0 bridgehead atoms. The van der Waals surface area contributed by atoms with Crippen molar-refractivity contribution in [2.45, 2.75) is 46.0 Å². The molecule has 2 amide bonds. The first kappa shape index (κ1) is 29.0. The van der Waals surface area contributed by atoms with E-state index in [-0.39, 0.29) is 12.8 Å². The van der Waals surface area contributed by atoms with Crippen LogP contribution in [0.2, 0.25) is 0 Å². The summed E-state index contributed by atoms with van der Waals surface area (Å²) in [4.78, 5) is 60.0. The number of hydrogen-bond donors (Lipinski definition) is 2. The molecule has 2 aromatic rings. The highest BCUT2D eigenvalue weighted by Gasteiger charge is 2.13. The van der Waals surface area contributed by atoms with Crippen LogP contribution in [-0.2, 0) is 28.6 Å². The molecular formula is C27H32N2O8. The van der Waals surface area contributed by atoms with Gasteiger partial charge in [-0.05, 0) is 55.3 Å². The molecule has 0 saturated heterocycles. The molecule has 0 unspecified atom stereocenters. The van der Waals surface area contributed by atoms with Crippen molar-refractivity contribution in [1.29, 1.82) is 0 Å². The smallest absolute Gasteiger partial charge is 0.338 e. The SMILES string of the molecule is CCCCOC(=O)c1cccc(NC(=O)CCC(=O)OCC(=O)Nc2ccc(C(=O)OCCC)cc2)c1. The van der Waals surface area contributed by atoms with Crippen molar-refractivity contribution in [2.75, 3.05) is 30.5 Å². The maximum Gasteiger partial charge on any atom is 0.338 e. The van der Waals surface area contributed by atoms with Crippen LogP contribution in [0.4, 0.5) is 11.4 Å². The fraction of sp³-hybridized carbons (Fsp3) is 0.370. The third kappa shape index (κ3) is 10.9. The largest absolute Gasteiger partial charge is 0.462 e. The Morgan fingerprint density at radius 3 is 2.05 bits per heavy atom. The Labute approximate surface area is 215 Å². The Hall–Kier alpha value is -4.21. The van der Waals surface area contributed by atoms with E-state index in [4.69, 9.17) is 14.2 Å². The number of anilines is 2. The summed E-state index contributed by atoms with van der Waals surface area (Å²) >= 11 is 0. The van der Waals surface area contributed by atoms with Crippen LogP contribution >= 0.6 is 0 Å². The molecule has 10 nitrogen and oxygen atoms in total. The zero-order valence-corrected chi connectivity index (χ0v) is 21.0. The third-order valence-corrected chi connectivity index (χ3v) is 4.88.